The van der Waals surface area contributed by atoms with E-state index in [1.54, 1.807) is 0 Å². The summed E-state index contributed by atoms with van der Waals surface area (Å²) in [6.07, 6.45) is 11.9. The third-order valence-electron chi connectivity index (χ3n) is 6.25. The smallest absolute Gasteiger partial charge is 0.407 e. The van der Waals surface area contributed by atoms with Gasteiger partial charge in [0.25, 0.3) is 0 Å². The number of rotatable bonds is 7. The van der Waals surface area contributed by atoms with E-state index in [0.29, 0.717) is 23.6 Å². The third kappa shape index (κ3) is 16.4. The van der Waals surface area contributed by atoms with E-state index in [9.17, 15) is 21.6 Å². The highest BCUT2D eigenvalue weighted by Gasteiger charge is 2.25. The molecule has 2 saturated carbocycles. The van der Waals surface area contributed by atoms with Gasteiger partial charge in [0.1, 0.15) is 25.3 Å². The Balaban J connectivity index is 0.000000361. The molecule has 0 radical (unpaired) electrons. The first kappa shape index (κ1) is 30.2. The lowest BCUT2D eigenvalue weighted by atomic mass is 9.84. The summed E-state index contributed by atoms with van der Waals surface area (Å²) in [5.41, 5.74) is 5.29. The van der Waals surface area contributed by atoms with Crippen molar-refractivity contribution < 1.29 is 26.4 Å². The number of nitrogens with two attached hydrogens (primary N) is 1. The number of ether oxygens (including phenoxy) is 1. The van der Waals surface area contributed by atoms with E-state index >= 15 is 0 Å². The SMILES string of the molecule is CC(C)(C)OC(=O)NC1CCC(CCS(C)(=O)=O)CC1.CS(=O)(=O)CCC1CCC(N)CC1. The van der Waals surface area contributed by atoms with Crippen LogP contribution in [-0.4, -0.2) is 64.6 Å². The Bertz CT molecular complexity index is 789. The molecule has 0 aromatic rings. The summed E-state index contributed by atoms with van der Waals surface area (Å²) in [5.74, 6) is 1.66. The van der Waals surface area contributed by atoms with Crippen LogP contribution in [0, 0.1) is 11.8 Å². The van der Waals surface area contributed by atoms with Crippen LogP contribution in [0.2, 0.25) is 0 Å². The van der Waals surface area contributed by atoms with Crippen LogP contribution in [0.4, 0.5) is 4.79 Å². The molecule has 2 fully saturated rings. The number of nitrogens with one attached hydrogen (secondary N) is 1. The summed E-state index contributed by atoms with van der Waals surface area (Å²) >= 11 is 0. The van der Waals surface area contributed by atoms with Crippen molar-refractivity contribution in [3.63, 3.8) is 0 Å². The predicted octanol–water partition coefficient (Wildman–Crippen LogP) is 3.44. The van der Waals surface area contributed by atoms with Gasteiger partial charge in [-0.25, -0.2) is 21.6 Å². The van der Waals surface area contributed by atoms with Gasteiger partial charge in [-0.2, -0.15) is 0 Å². The predicted molar refractivity (Wildman–Crippen MR) is 134 cm³/mol. The third-order valence-corrected chi connectivity index (χ3v) is 8.21. The molecular weight excluding hydrogens is 464 g/mol. The summed E-state index contributed by atoms with van der Waals surface area (Å²) in [5, 5.41) is 2.89. The van der Waals surface area contributed by atoms with E-state index in [-0.39, 0.29) is 17.9 Å². The molecule has 0 unspecified atom stereocenters. The van der Waals surface area contributed by atoms with E-state index in [1.807, 2.05) is 20.8 Å². The van der Waals surface area contributed by atoms with E-state index in [4.69, 9.17) is 10.5 Å². The molecule has 0 spiro atoms. The number of alkyl carbamates (subject to hydrolysis) is 1. The quantitative estimate of drug-likeness (QED) is 0.536. The molecule has 196 valence electrons. The topological polar surface area (TPSA) is 133 Å². The van der Waals surface area contributed by atoms with E-state index < -0.39 is 25.3 Å². The average Bonchev–Trinajstić information content (AvgIpc) is 2.65. The molecule has 0 bridgehead atoms. The zero-order chi connectivity index (χ0) is 25.3. The van der Waals surface area contributed by atoms with Crippen molar-refractivity contribution in [1.29, 1.82) is 0 Å². The van der Waals surface area contributed by atoms with Crippen LogP contribution in [0.5, 0.6) is 0 Å². The second kappa shape index (κ2) is 13.3. The van der Waals surface area contributed by atoms with Crippen molar-refractivity contribution >= 4 is 25.8 Å². The van der Waals surface area contributed by atoms with Crippen molar-refractivity contribution in [2.75, 3.05) is 24.0 Å². The fourth-order valence-electron chi connectivity index (χ4n) is 4.31. The van der Waals surface area contributed by atoms with Crippen LogP contribution in [0.3, 0.4) is 0 Å². The number of hydrogen-bond donors (Lipinski definition) is 2. The molecule has 33 heavy (non-hydrogen) atoms. The van der Waals surface area contributed by atoms with Crippen molar-refractivity contribution in [3.8, 4) is 0 Å². The first-order valence-electron chi connectivity index (χ1n) is 12.1. The van der Waals surface area contributed by atoms with Crippen LogP contribution >= 0.6 is 0 Å². The highest BCUT2D eigenvalue weighted by atomic mass is 32.2. The lowest BCUT2D eigenvalue weighted by molar-refractivity contribution is 0.0487. The Morgan fingerprint density at radius 2 is 1.21 bits per heavy atom. The minimum Gasteiger partial charge on any atom is -0.444 e. The molecule has 0 aromatic carbocycles. The zero-order valence-corrected chi connectivity index (χ0v) is 22.8. The van der Waals surface area contributed by atoms with Crippen molar-refractivity contribution in [2.24, 2.45) is 17.6 Å². The maximum atomic E-state index is 11.7. The molecule has 10 heteroatoms. The lowest BCUT2D eigenvalue weighted by Crippen LogP contribution is -2.41. The molecule has 1 amide bonds. The summed E-state index contributed by atoms with van der Waals surface area (Å²) in [6, 6.07) is 0.508. The van der Waals surface area contributed by atoms with Crippen LogP contribution in [0.25, 0.3) is 0 Å². The lowest BCUT2D eigenvalue weighted by Gasteiger charge is -2.30. The van der Waals surface area contributed by atoms with Crippen molar-refractivity contribution in [1.82, 2.24) is 5.32 Å². The Morgan fingerprint density at radius 1 is 0.818 bits per heavy atom. The van der Waals surface area contributed by atoms with Gasteiger partial charge in [-0.15, -0.1) is 0 Å². The minimum absolute atomic E-state index is 0.152. The van der Waals surface area contributed by atoms with Gasteiger partial charge in [-0.1, -0.05) is 0 Å². The molecule has 2 aliphatic rings. The van der Waals surface area contributed by atoms with Crippen molar-refractivity contribution in [3.05, 3.63) is 0 Å². The van der Waals surface area contributed by atoms with Gasteiger partial charge in [0, 0.05) is 24.6 Å². The van der Waals surface area contributed by atoms with Crippen molar-refractivity contribution in [2.45, 2.75) is 103 Å². The number of amides is 1. The maximum Gasteiger partial charge on any atom is 0.407 e. The van der Waals surface area contributed by atoms with Crippen LogP contribution < -0.4 is 11.1 Å². The molecule has 8 nitrogen and oxygen atoms in total. The summed E-state index contributed by atoms with van der Waals surface area (Å²) in [7, 11) is -5.63. The molecule has 0 aromatic heterocycles. The summed E-state index contributed by atoms with van der Waals surface area (Å²) < 4.78 is 49.3. The van der Waals surface area contributed by atoms with Gasteiger partial charge < -0.3 is 15.8 Å². The number of sulfone groups is 2. The van der Waals surface area contributed by atoms with E-state index in [0.717, 1.165) is 64.2 Å². The Morgan fingerprint density at radius 3 is 1.58 bits per heavy atom. The average molecular weight is 511 g/mol. The first-order valence-corrected chi connectivity index (χ1v) is 16.2. The molecule has 0 atom stereocenters. The molecule has 0 aliphatic heterocycles. The number of carbonyl (C=O) groups is 1. The van der Waals surface area contributed by atoms with Gasteiger partial charge in [-0.05, 0) is 96.8 Å². The van der Waals surface area contributed by atoms with Gasteiger partial charge in [0.2, 0.25) is 0 Å². The molecule has 2 rings (SSSR count). The molecule has 2 aliphatic carbocycles. The fourth-order valence-corrected chi connectivity index (χ4v) is 5.83. The summed E-state index contributed by atoms with van der Waals surface area (Å²) in [6.45, 7) is 5.53. The van der Waals surface area contributed by atoms with Gasteiger partial charge in [0.15, 0.2) is 0 Å². The fraction of sp³-hybridized carbons (Fsp3) is 0.957. The molecule has 0 saturated heterocycles. The second-order valence-electron chi connectivity index (χ2n) is 11.0. The molecule has 0 heterocycles. The monoisotopic (exact) mass is 510 g/mol. The number of carbonyl (C=O) groups excluding carboxylic acids is 1. The first-order chi connectivity index (χ1) is 15.0. The van der Waals surface area contributed by atoms with Gasteiger partial charge >= 0.3 is 6.09 Å². The van der Waals surface area contributed by atoms with E-state index in [2.05, 4.69) is 5.32 Å². The van der Waals surface area contributed by atoms with Gasteiger partial charge in [-0.3, -0.25) is 0 Å². The zero-order valence-electron chi connectivity index (χ0n) is 21.1. The maximum absolute atomic E-state index is 11.7. The van der Waals surface area contributed by atoms with Crippen LogP contribution in [0.1, 0.15) is 85.0 Å². The van der Waals surface area contributed by atoms with E-state index in [1.165, 1.54) is 12.5 Å². The highest BCUT2D eigenvalue weighted by molar-refractivity contribution is 7.90. The standard InChI is InChI=1S/C14H27NO4S.C9H19NO2S/c1-14(2,3)19-13(16)15-12-7-5-11(6-8-12)9-10-20(4,17)18;1-13(11,12)7-6-8-2-4-9(10)5-3-8/h11-12H,5-10H2,1-4H3,(H,15,16);8-9H,2-7,10H2,1H3. The Labute approximate surface area is 201 Å². The normalized spacial score (nSPS) is 26.6. The second-order valence-corrected chi connectivity index (χ2v) is 15.5. The molecular formula is C23H46N2O6S2. The van der Waals surface area contributed by atoms with Crippen LogP contribution in [0.15, 0.2) is 0 Å². The number of hydrogen-bond acceptors (Lipinski definition) is 7. The summed E-state index contributed by atoms with van der Waals surface area (Å²) in [4.78, 5) is 11.7. The molecule has 3 N–H and O–H groups in total. The van der Waals surface area contributed by atoms with Crippen LogP contribution in [-0.2, 0) is 24.4 Å². The Hall–Kier alpha value is -0.870. The highest BCUT2D eigenvalue weighted by Crippen LogP contribution is 2.28. The van der Waals surface area contributed by atoms with Gasteiger partial charge in [0.05, 0.1) is 11.5 Å². The minimum atomic E-state index is -2.87. The largest absolute Gasteiger partial charge is 0.444 e. The Kier molecular flexibility index (Phi) is 12.1.